The van der Waals surface area contributed by atoms with E-state index in [1.54, 1.807) is 13.1 Å². The van der Waals surface area contributed by atoms with Gasteiger partial charge in [-0.15, -0.1) is 11.3 Å². The molecule has 0 aliphatic carbocycles. The van der Waals surface area contributed by atoms with E-state index in [2.05, 4.69) is 14.7 Å². The lowest BCUT2D eigenvalue weighted by atomic mass is 10.3. The third-order valence-electron chi connectivity index (χ3n) is 2.37. The van der Waals surface area contributed by atoms with Crippen molar-refractivity contribution in [3.8, 4) is 0 Å². The molecular formula is C9H9ClN4O4S2. The Morgan fingerprint density at radius 1 is 1.60 bits per heavy atom. The summed E-state index contributed by atoms with van der Waals surface area (Å²) in [4.78, 5) is 16.6. The Bertz CT molecular complexity index is 725. The second-order valence-corrected chi connectivity index (χ2v) is 7.39. The minimum absolute atomic E-state index is 0.180. The molecule has 0 aliphatic rings. The van der Waals surface area contributed by atoms with Crippen molar-refractivity contribution in [1.29, 1.82) is 0 Å². The second kappa shape index (κ2) is 5.48. The van der Waals surface area contributed by atoms with Crippen molar-refractivity contribution in [3.05, 3.63) is 38.7 Å². The van der Waals surface area contributed by atoms with Crippen LogP contribution in [0.25, 0.3) is 0 Å². The second-order valence-electron chi connectivity index (χ2n) is 3.80. The number of nitro groups is 1. The summed E-state index contributed by atoms with van der Waals surface area (Å²) in [6, 6.07) is 0.333. The van der Waals surface area contributed by atoms with Crippen LogP contribution in [0.5, 0.6) is 0 Å². The van der Waals surface area contributed by atoms with Gasteiger partial charge < -0.3 is 4.98 Å². The van der Waals surface area contributed by atoms with Crippen molar-refractivity contribution < 1.29 is 13.3 Å². The molecular weight excluding hydrogens is 328 g/mol. The van der Waals surface area contributed by atoms with Crippen LogP contribution in [0.3, 0.4) is 0 Å². The molecule has 1 unspecified atom stereocenters. The third kappa shape index (κ3) is 2.98. The predicted octanol–water partition coefficient (Wildman–Crippen LogP) is 2.07. The lowest BCUT2D eigenvalue weighted by Crippen LogP contribution is -2.26. The largest absolute Gasteiger partial charge is 0.347 e. The molecule has 0 radical (unpaired) electrons. The maximum Gasteiger partial charge on any atom is 0.300 e. The quantitative estimate of drug-likeness (QED) is 0.640. The number of nitrogens with zero attached hydrogens (tertiary/aromatic N) is 2. The minimum Gasteiger partial charge on any atom is -0.347 e. The Labute approximate surface area is 123 Å². The number of halogens is 1. The van der Waals surface area contributed by atoms with Gasteiger partial charge in [0.05, 0.1) is 11.0 Å². The molecule has 1 atom stereocenters. The SMILES string of the molecule is CC(NS(=O)(=O)c1cc([N+](=O)[O-])c(Cl)s1)c1ncc[nH]1. The molecule has 11 heteroatoms. The predicted molar refractivity (Wildman–Crippen MR) is 73.3 cm³/mol. The van der Waals surface area contributed by atoms with Crippen LogP contribution in [0.2, 0.25) is 4.34 Å². The average Bonchev–Trinajstić information content (AvgIpc) is 2.96. The van der Waals surface area contributed by atoms with E-state index in [1.807, 2.05) is 0 Å². The molecule has 0 bridgehead atoms. The highest BCUT2D eigenvalue weighted by molar-refractivity contribution is 7.91. The van der Waals surface area contributed by atoms with E-state index in [0.717, 1.165) is 6.07 Å². The monoisotopic (exact) mass is 336 g/mol. The summed E-state index contributed by atoms with van der Waals surface area (Å²) in [5, 5.41) is 10.7. The summed E-state index contributed by atoms with van der Waals surface area (Å²) < 4.78 is 26.2. The first kappa shape index (κ1) is 14.9. The van der Waals surface area contributed by atoms with Crippen molar-refractivity contribution >= 4 is 38.6 Å². The van der Waals surface area contributed by atoms with Crippen molar-refractivity contribution in [3.63, 3.8) is 0 Å². The average molecular weight is 337 g/mol. The topological polar surface area (TPSA) is 118 Å². The fourth-order valence-electron chi connectivity index (χ4n) is 1.46. The van der Waals surface area contributed by atoms with Gasteiger partial charge in [-0.3, -0.25) is 10.1 Å². The van der Waals surface area contributed by atoms with Crippen LogP contribution in [0.1, 0.15) is 18.8 Å². The first-order chi connectivity index (χ1) is 9.31. The summed E-state index contributed by atoms with van der Waals surface area (Å²) in [6.45, 7) is 1.60. The summed E-state index contributed by atoms with van der Waals surface area (Å²) in [5.41, 5.74) is -0.428. The van der Waals surface area contributed by atoms with E-state index in [4.69, 9.17) is 11.6 Å². The summed E-state index contributed by atoms with van der Waals surface area (Å²) >= 11 is 6.28. The van der Waals surface area contributed by atoms with Gasteiger partial charge in [0.15, 0.2) is 4.34 Å². The van der Waals surface area contributed by atoms with Crippen molar-refractivity contribution in [1.82, 2.24) is 14.7 Å². The normalized spacial score (nSPS) is 13.3. The van der Waals surface area contributed by atoms with Gasteiger partial charge in [0.1, 0.15) is 10.0 Å². The number of H-pyrrole nitrogens is 1. The molecule has 8 nitrogen and oxygen atoms in total. The Morgan fingerprint density at radius 2 is 2.30 bits per heavy atom. The summed E-state index contributed by atoms with van der Waals surface area (Å²) in [5.74, 6) is 0.436. The van der Waals surface area contributed by atoms with Crippen LogP contribution in [-0.2, 0) is 10.0 Å². The highest BCUT2D eigenvalue weighted by Crippen LogP contribution is 2.36. The minimum atomic E-state index is -3.90. The fourth-order valence-corrected chi connectivity index (χ4v) is 4.34. The lowest BCUT2D eigenvalue weighted by Gasteiger charge is -2.10. The Hall–Kier alpha value is -1.49. The van der Waals surface area contributed by atoms with Gasteiger partial charge in [0, 0.05) is 18.5 Å². The van der Waals surface area contributed by atoms with E-state index in [1.165, 1.54) is 6.20 Å². The van der Waals surface area contributed by atoms with Crippen LogP contribution < -0.4 is 4.72 Å². The van der Waals surface area contributed by atoms with Crippen molar-refractivity contribution in [2.24, 2.45) is 0 Å². The molecule has 2 rings (SSSR count). The summed E-state index contributed by atoms with van der Waals surface area (Å²) in [7, 11) is -3.90. The number of hydrogen-bond acceptors (Lipinski definition) is 6. The number of rotatable bonds is 5. The van der Waals surface area contributed by atoms with E-state index in [-0.39, 0.29) is 8.55 Å². The Kier molecular flexibility index (Phi) is 4.09. The Morgan fingerprint density at radius 3 is 2.80 bits per heavy atom. The number of thiophene rings is 1. The van der Waals surface area contributed by atoms with E-state index in [9.17, 15) is 18.5 Å². The van der Waals surface area contributed by atoms with Gasteiger partial charge in [0.25, 0.3) is 15.7 Å². The highest BCUT2D eigenvalue weighted by atomic mass is 35.5. The van der Waals surface area contributed by atoms with Gasteiger partial charge in [-0.1, -0.05) is 11.6 Å². The molecule has 2 heterocycles. The molecule has 0 spiro atoms. The molecule has 20 heavy (non-hydrogen) atoms. The van der Waals surface area contributed by atoms with Gasteiger partial charge in [-0.2, -0.15) is 0 Å². The van der Waals surface area contributed by atoms with Crippen LogP contribution in [-0.4, -0.2) is 23.3 Å². The maximum absolute atomic E-state index is 12.1. The fraction of sp³-hybridized carbons (Fsp3) is 0.222. The molecule has 2 aromatic rings. The van der Waals surface area contributed by atoms with Crippen LogP contribution >= 0.6 is 22.9 Å². The maximum atomic E-state index is 12.1. The number of aromatic nitrogens is 2. The molecule has 2 N–H and O–H groups in total. The molecule has 108 valence electrons. The molecule has 0 saturated carbocycles. The summed E-state index contributed by atoms with van der Waals surface area (Å²) in [6.07, 6.45) is 3.06. The zero-order valence-electron chi connectivity index (χ0n) is 10.0. The molecule has 0 aliphatic heterocycles. The van der Waals surface area contributed by atoms with Gasteiger partial charge in [0.2, 0.25) is 0 Å². The van der Waals surface area contributed by atoms with Gasteiger partial charge >= 0.3 is 0 Å². The van der Waals surface area contributed by atoms with Gasteiger partial charge in [-0.05, 0) is 6.92 Å². The molecule has 0 amide bonds. The number of imidazole rings is 1. The first-order valence-corrected chi connectivity index (χ1v) is 7.94. The highest BCUT2D eigenvalue weighted by Gasteiger charge is 2.27. The Balaban J connectivity index is 2.27. The molecule has 0 saturated heterocycles. The van der Waals surface area contributed by atoms with Gasteiger partial charge in [-0.25, -0.2) is 18.1 Å². The van der Waals surface area contributed by atoms with Crippen molar-refractivity contribution in [2.75, 3.05) is 0 Å². The zero-order valence-corrected chi connectivity index (χ0v) is 12.4. The number of sulfonamides is 1. The number of nitrogens with one attached hydrogen (secondary N) is 2. The molecule has 0 fully saturated rings. The molecule has 0 aromatic carbocycles. The van der Waals surface area contributed by atoms with E-state index >= 15 is 0 Å². The number of hydrogen-bond donors (Lipinski definition) is 2. The lowest BCUT2D eigenvalue weighted by molar-refractivity contribution is -0.384. The smallest absolute Gasteiger partial charge is 0.300 e. The zero-order chi connectivity index (χ0) is 14.9. The number of aromatic amines is 1. The first-order valence-electron chi connectivity index (χ1n) is 5.26. The van der Waals surface area contributed by atoms with Crippen molar-refractivity contribution in [2.45, 2.75) is 17.2 Å². The van der Waals surface area contributed by atoms with E-state index < -0.39 is 26.7 Å². The molecule has 2 aromatic heterocycles. The van der Waals surface area contributed by atoms with Crippen LogP contribution in [0.4, 0.5) is 5.69 Å². The van der Waals surface area contributed by atoms with E-state index in [0.29, 0.717) is 17.2 Å². The van der Waals surface area contributed by atoms with Crippen LogP contribution in [0, 0.1) is 10.1 Å². The standard InChI is InChI=1S/C9H9ClN4O4S2/c1-5(9-11-2-3-12-9)13-20(17,18)7-4-6(14(15)16)8(10)19-7/h2-5,13H,1H3,(H,11,12). The van der Waals surface area contributed by atoms with Crippen LogP contribution in [0.15, 0.2) is 22.7 Å². The third-order valence-corrected chi connectivity index (χ3v) is 5.72.